The quantitative estimate of drug-likeness (QED) is 0.295. The number of hydrogen-bond donors (Lipinski definition) is 3. The number of carboxylic acid groups (broad SMARTS) is 1. The minimum absolute atomic E-state index is 0.143. The second kappa shape index (κ2) is 13.9. The smallest absolute Gasteiger partial charge is 0.290 e. The normalized spacial score (nSPS) is 13.6. The fraction of sp³-hybridized carbons (Fsp3) is 0.233. The minimum atomic E-state index is -0.250. The van der Waals surface area contributed by atoms with Gasteiger partial charge < -0.3 is 20.6 Å². The fourth-order valence-electron chi connectivity index (χ4n) is 4.28. The average molecular weight is 540 g/mol. The first-order chi connectivity index (χ1) is 19.4. The van der Waals surface area contributed by atoms with Crippen LogP contribution in [-0.4, -0.2) is 75.5 Å². The van der Waals surface area contributed by atoms with Gasteiger partial charge >= 0.3 is 0 Å². The summed E-state index contributed by atoms with van der Waals surface area (Å²) in [5.74, 6) is 0.333. The predicted octanol–water partition coefficient (Wildman–Crippen LogP) is 4.29. The molecule has 0 bridgehead atoms. The molecular weight excluding hydrogens is 506 g/mol. The van der Waals surface area contributed by atoms with Crippen LogP contribution in [0.15, 0.2) is 79.3 Å². The fourth-order valence-corrected chi connectivity index (χ4v) is 4.28. The van der Waals surface area contributed by atoms with Crippen LogP contribution in [0.4, 0.5) is 17.3 Å². The molecule has 0 aliphatic carbocycles. The third-order valence-electron chi connectivity index (χ3n) is 6.57. The van der Waals surface area contributed by atoms with Gasteiger partial charge in [0, 0.05) is 73.8 Å². The van der Waals surface area contributed by atoms with Gasteiger partial charge in [0.15, 0.2) is 0 Å². The predicted molar refractivity (Wildman–Crippen MR) is 156 cm³/mol. The van der Waals surface area contributed by atoms with Gasteiger partial charge in [-0.15, -0.1) is 0 Å². The van der Waals surface area contributed by atoms with E-state index in [1.807, 2.05) is 67.6 Å². The Kier molecular flexibility index (Phi) is 9.87. The van der Waals surface area contributed by atoms with Gasteiger partial charge in [0.2, 0.25) is 5.95 Å². The zero-order valence-electron chi connectivity index (χ0n) is 22.6. The molecule has 0 unspecified atom stereocenters. The Labute approximate surface area is 233 Å². The highest BCUT2D eigenvalue weighted by atomic mass is 16.3. The molecule has 5 rings (SSSR count). The Hall–Kier alpha value is -4.67. The van der Waals surface area contributed by atoms with Gasteiger partial charge in [0.25, 0.3) is 12.4 Å². The lowest BCUT2D eigenvalue weighted by atomic mass is 10.1. The number of pyridine rings is 1. The van der Waals surface area contributed by atoms with Gasteiger partial charge in [0.05, 0.1) is 5.69 Å². The van der Waals surface area contributed by atoms with Crippen molar-refractivity contribution in [3.8, 4) is 11.3 Å². The van der Waals surface area contributed by atoms with Gasteiger partial charge in [-0.2, -0.15) is 0 Å². The van der Waals surface area contributed by atoms with E-state index in [1.54, 1.807) is 18.6 Å². The summed E-state index contributed by atoms with van der Waals surface area (Å²) in [5, 5.41) is 13.2. The molecule has 4 aromatic rings. The number of carbonyl (C=O) groups excluding carboxylic acids is 1. The van der Waals surface area contributed by atoms with Crippen LogP contribution in [0.25, 0.3) is 11.3 Å². The molecule has 0 saturated carbocycles. The van der Waals surface area contributed by atoms with Crippen LogP contribution in [0, 0.1) is 6.92 Å². The zero-order valence-corrected chi connectivity index (χ0v) is 22.6. The summed E-state index contributed by atoms with van der Waals surface area (Å²) in [5.41, 5.74) is 6.08. The van der Waals surface area contributed by atoms with E-state index in [0.717, 1.165) is 55.2 Å². The maximum Gasteiger partial charge on any atom is 0.290 e. The van der Waals surface area contributed by atoms with Crippen LogP contribution >= 0.6 is 0 Å². The number of piperazine rings is 1. The molecule has 10 nitrogen and oxygen atoms in total. The molecule has 0 atom stereocenters. The topological polar surface area (TPSA) is 124 Å². The molecule has 3 N–H and O–H groups in total. The summed E-state index contributed by atoms with van der Waals surface area (Å²) >= 11 is 0. The summed E-state index contributed by atoms with van der Waals surface area (Å²) in [4.78, 5) is 39.2. The van der Waals surface area contributed by atoms with Crippen molar-refractivity contribution >= 4 is 29.7 Å². The van der Waals surface area contributed by atoms with Gasteiger partial charge in [-0.3, -0.25) is 19.5 Å². The van der Waals surface area contributed by atoms with Crippen LogP contribution in [0.3, 0.4) is 0 Å². The third-order valence-corrected chi connectivity index (χ3v) is 6.57. The van der Waals surface area contributed by atoms with Crippen molar-refractivity contribution in [2.24, 2.45) is 0 Å². The number of carbonyl (C=O) groups is 2. The number of likely N-dealkylation sites (N-methyl/N-ethyl adjacent to an activating group) is 1. The van der Waals surface area contributed by atoms with Crippen molar-refractivity contribution in [1.82, 2.24) is 24.8 Å². The minimum Gasteiger partial charge on any atom is -0.483 e. The Morgan fingerprint density at radius 2 is 1.77 bits per heavy atom. The number of rotatable bonds is 7. The van der Waals surface area contributed by atoms with Gasteiger partial charge in [0.1, 0.15) is 0 Å². The SMILES string of the molecule is Cc1ccc(NC(=O)c2ccc(CN3CCN(C)CC3)cc2)cc1Nc1nccc(-c2cccnc2)n1.O=CO. The summed E-state index contributed by atoms with van der Waals surface area (Å²) < 4.78 is 0. The molecule has 1 saturated heterocycles. The number of hydrogen-bond acceptors (Lipinski definition) is 8. The Balaban J connectivity index is 0.00000118. The van der Waals surface area contributed by atoms with Crippen molar-refractivity contribution in [3.05, 3.63) is 95.9 Å². The van der Waals surface area contributed by atoms with Crippen molar-refractivity contribution in [1.29, 1.82) is 0 Å². The summed E-state index contributed by atoms with van der Waals surface area (Å²) in [6.45, 7) is 6.99. The average Bonchev–Trinajstić information content (AvgIpc) is 2.97. The summed E-state index contributed by atoms with van der Waals surface area (Å²) in [6.07, 6.45) is 5.22. The standard InChI is InChI=1S/C29H31N7O.CH2O2/c1-21-5-10-25(18-27(21)34-29-31-13-11-26(33-29)24-4-3-12-30-19-24)32-28(37)23-8-6-22(7-9-23)20-36-16-14-35(2)15-17-36;2-1-3/h3-13,18-19H,14-17,20H2,1-2H3,(H,32,37)(H,31,33,34);1H,(H,2,3). The van der Waals surface area contributed by atoms with Gasteiger partial charge in [-0.05, 0) is 67.6 Å². The first-order valence-electron chi connectivity index (χ1n) is 13.0. The molecule has 2 aromatic heterocycles. The lowest BCUT2D eigenvalue weighted by molar-refractivity contribution is -0.122. The lowest BCUT2D eigenvalue weighted by Crippen LogP contribution is -2.43. The largest absolute Gasteiger partial charge is 0.483 e. The number of benzene rings is 2. The number of nitrogens with zero attached hydrogens (tertiary/aromatic N) is 5. The second-order valence-corrected chi connectivity index (χ2v) is 9.50. The first-order valence-corrected chi connectivity index (χ1v) is 13.0. The van der Waals surface area contributed by atoms with E-state index in [1.165, 1.54) is 5.56 Å². The van der Waals surface area contributed by atoms with E-state index in [0.29, 0.717) is 17.2 Å². The van der Waals surface area contributed by atoms with Crippen LogP contribution in [-0.2, 0) is 11.3 Å². The molecule has 2 aromatic carbocycles. The summed E-state index contributed by atoms with van der Waals surface area (Å²) in [7, 11) is 2.16. The number of aryl methyl sites for hydroxylation is 1. The maximum atomic E-state index is 12.9. The van der Waals surface area contributed by atoms with E-state index in [9.17, 15) is 4.79 Å². The Morgan fingerprint density at radius 1 is 1.02 bits per heavy atom. The molecule has 1 aliphatic heterocycles. The van der Waals surface area contributed by atoms with Crippen molar-refractivity contribution in [3.63, 3.8) is 0 Å². The van der Waals surface area contributed by atoms with E-state index in [-0.39, 0.29) is 12.4 Å². The van der Waals surface area contributed by atoms with Gasteiger partial charge in [-0.25, -0.2) is 9.97 Å². The number of nitrogens with one attached hydrogen (secondary N) is 2. The van der Waals surface area contributed by atoms with Crippen LogP contribution in [0.5, 0.6) is 0 Å². The summed E-state index contributed by atoms with van der Waals surface area (Å²) in [6, 6.07) is 19.3. The van der Waals surface area contributed by atoms with E-state index >= 15 is 0 Å². The Morgan fingerprint density at radius 3 is 2.48 bits per heavy atom. The number of amides is 1. The molecule has 0 spiro atoms. The molecule has 1 aliphatic rings. The van der Waals surface area contributed by atoms with Crippen LogP contribution in [0.1, 0.15) is 21.5 Å². The molecular formula is C30H33N7O3. The van der Waals surface area contributed by atoms with Crippen molar-refractivity contribution in [2.75, 3.05) is 43.9 Å². The highest BCUT2D eigenvalue weighted by Crippen LogP contribution is 2.24. The van der Waals surface area contributed by atoms with Crippen LogP contribution in [0.2, 0.25) is 0 Å². The highest BCUT2D eigenvalue weighted by Gasteiger charge is 2.14. The molecule has 1 amide bonds. The monoisotopic (exact) mass is 539 g/mol. The molecule has 3 heterocycles. The molecule has 40 heavy (non-hydrogen) atoms. The Bertz CT molecular complexity index is 1410. The third kappa shape index (κ3) is 7.92. The van der Waals surface area contributed by atoms with Crippen molar-refractivity contribution < 1.29 is 14.7 Å². The maximum absolute atomic E-state index is 12.9. The van der Waals surface area contributed by atoms with Crippen LogP contribution < -0.4 is 10.6 Å². The highest BCUT2D eigenvalue weighted by molar-refractivity contribution is 6.04. The van der Waals surface area contributed by atoms with E-state index in [4.69, 9.17) is 9.90 Å². The number of anilines is 3. The molecule has 206 valence electrons. The molecule has 1 fully saturated rings. The lowest BCUT2D eigenvalue weighted by Gasteiger charge is -2.32. The molecule has 0 radical (unpaired) electrons. The first kappa shape index (κ1) is 28.3. The van der Waals surface area contributed by atoms with Gasteiger partial charge in [-0.1, -0.05) is 18.2 Å². The van der Waals surface area contributed by atoms with E-state index in [2.05, 4.69) is 42.4 Å². The second-order valence-electron chi connectivity index (χ2n) is 9.50. The zero-order chi connectivity index (χ0) is 28.3. The van der Waals surface area contributed by atoms with Crippen molar-refractivity contribution in [2.45, 2.75) is 13.5 Å². The van der Waals surface area contributed by atoms with E-state index < -0.39 is 0 Å². The molecule has 10 heteroatoms. The number of aromatic nitrogens is 3.